The number of ether oxygens (including phenoxy) is 1. The Morgan fingerprint density at radius 3 is 2.84 bits per heavy atom. The zero-order valence-electron chi connectivity index (χ0n) is 10.7. The maximum atomic E-state index is 12.0. The van der Waals surface area contributed by atoms with Gasteiger partial charge in [-0.25, -0.2) is 0 Å². The first-order chi connectivity index (χ1) is 8.96. The zero-order valence-corrected chi connectivity index (χ0v) is 10.7. The molecule has 0 saturated heterocycles. The van der Waals surface area contributed by atoms with Crippen molar-refractivity contribution >= 4 is 0 Å². The highest BCUT2D eigenvalue weighted by Crippen LogP contribution is 2.31. The molecule has 0 aromatic heterocycles. The molecule has 19 heavy (non-hydrogen) atoms. The van der Waals surface area contributed by atoms with Crippen LogP contribution in [0.15, 0.2) is 18.2 Å². The SMILES string of the molecule is N[C@H]1CCCc2ccc(OCCCC(F)(F)F)cc21. The van der Waals surface area contributed by atoms with E-state index in [9.17, 15) is 13.2 Å². The molecule has 2 rings (SSSR count). The minimum absolute atomic E-state index is 0.0162. The van der Waals surface area contributed by atoms with Gasteiger partial charge in [-0.05, 0) is 48.9 Å². The molecule has 1 atom stereocenters. The van der Waals surface area contributed by atoms with E-state index < -0.39 is 12.6 Å². The maximum Gasteiger partial charge on any atom is 0.389 e. The number of fused-ring (bicyclic) bond motifs is 1. The van der Waals surface area contributed by atoms with Crippen molar-refractivity contribution in [2.75, 3.05) is 6.61 Å². The number of halogens is 3. The fourth-order valence-electron chi connectivity index (χ4n) is 2.37. The monoisotopic (exact) mass is 273 g/mol. The van der Waals surface area contributed by atoms with E-state index in [0.29, 0.717) is 5.75 Å². The van der Waals surface area contributed by atoms with E-state index in [2.05, 4.69) is 0 Å². The molecule has 106 valence electrons. The molecule has 0 spiro atoms. The van der Waals surface area contributed by atoms with Crippen molar-refractivity contribution in [3.8, 4) is 5.75 Å². The van der Waals surface area contributed by atoms with Crippen LogP contribution in [0.25, 0.3) is 0 Å². The van der Waals surface area contributed by atoms with Crippen LogP contribution in [0.2, 0.25) is 0 Å². The van der Waals surface area contributed by atoms with Crippen LogP contribution in [0.3, 0.4) is 0 Å². The number of hydrogen-bond donors (Lipinski definition) is 1. The van der Waals surface area contributed by atoms with Crippen LogP contribution in [0.4, 0.5) is 13.2 Å². The van der Waals surface area contributed by atoms with Gasteiger partial charge in [-0.2, -0.15) is 13.2 Å². The molecule has 2 N–H and O–H groups in total. The first-order valence-corrected chi connectivity index (χ1v) is 6.54. The van der Waals surface area contributed by atoms with E-state index in [1.165, 1.54) is 5.56 Å². The maximum absolute atomic E-state index is 12.0. The minimum Gasteiger partial charge on any atom is -0.494 e. The van der Waals surface area contributed by atoms with Crippen molar-refractivity contribution < 1.29 is 17.9 Å². The minimum atomic E-state index is -4.11. The van der Waals surface area contributed by atoms with Gasteiger partial charge >= 0.3 is 6.18 Å². The van der Waals surface area contributed by atoms with Gasteiger partial charge in [-0.3, -0.25) is 0 Å². The average molecular weight is 273 g/mol. The molecule has 2 nitrogen and oxygen atoms in total. The topological polar surface area (TPSA) is 35.2 Å². The molecule has 1 aliphatic carbocycles. The molecule has 0 unspecified atom stereocenters. The summed E-state index contributed by atoms with van der Waals surface area (Å²) in [7, 11) is 0. The average Bonchev–Trinajstić information content (AvgIpc) is 2.34. The van der Waals surface area contributed by atoms with Crippen LogP contribution >= 0.6 is 0 Å². The van der Waals surface area contributed by atoms with Crippen LogP contribution in [0.5, 0.6) is 5.75 Å². The molecule has 0 fully saturated rings. The number of nitrogens with two attached hydrogens (primary N) is 1. The number of alkyl halides is 3. The standard InChI is InChI=1S/C14H18F3NO/c15-14(16,17)7-2-8-19-11-6-5-10-3-1-4-13(18)12(10)9-11/h5-6,9,13H,1-4,7-8,18H2/t13-/m0/s1. The molecule has 1 aromatic rings. The lowest BCUT2D eigenvalue weighted by Gasteiger charge is -2.22. The highest BCUT2D eigenvalue weighted by molar-refractivity contribution is 5.39. The molecule has 5 heteroatoms. The van der Waals surface area contributed by atoms with E-state index in [-0.39, 0.29) is 19.1 Å². The van der Waals surface area contributed by atoms with Gasteiger partial charge in [0.25, 0.3) is 0 Å². The number of benzene rings is 1. The lowest BCUT2D eigenvalue weighted by Crippen LogP contribution is -2.17. The molecule has 0 aliphatic heterocycles. The summed E-state index contributed by atoms with van der Waals surface area (Å²) in [6.07, 6.45) is -1.90. The summed E-state index contributed by atoms with van der Waals surface area (Å²) < 4.78 is 41.3. The van der Waals surface area contributed by atoms with Crippen molar-refractivity contribution in [3.05, 3.63) is 29.3 Å². The third-order valence-electron chi connectivity index (χ3n) is 3.35. The van der Waals surface area contributed by atoms with E-state index >= 15 is 0 Å². The van der Waals surface area contributed by atoms with Crippen molar-refractivity contribution in [1.29, 1.82) is 0 Å². The third-order valence-corrected chi connectivity index (χ3v) is 3.35. The summed E-state index contributed by atoms with van der Waals surface area (Å²) >= 11 is 0. The van der Waals surface area contributed by atoms with Gasteiger partial charge in [0.2, 0.25) is 0 Å². The Labute approximate surface area is 110 Å². The van der Waals surface area contributed by atoms with Gasteiger partial charge in [-0.15, -0.1) is 0 Å². The van der Waals surface area contributed by atoms with Gasteiger partial charge in [-0.1, -0.05) is 6.07 Å². The Morgan fingerprint density at radius 1 is 1.32 bits per heavy atom. The number of rotatable bonds is 4. The highest BCUT2D eigenvalue weighted by atomic mass is 19.4. The van der Waals surface area contributed by atoms with E-state index in [1.54, 1.807) is 0 Å². The summed E-state index contributed by atoms with van der Waals surface area (Å²) in [6.45, 7) is 0.0769. The predicted octanol–water partition coefficient (Wildman–Crippen LogP) is 3.74. The Bertz CT molecular complexity index is 431. The largest absolute Gasteiger partial charge is 0.494 e. The Balaban J connectivity index is 1.89. The fourth-order valence-corrected chi connectivity index (χ4v) is 2.37. The molecule has 1 aliphatic rings. The molecule has 0 radical (unpaired) electrons. The Kier molecular flexibility index (Phi) is 4.34. The highest BCUT2D eigenvalue weighted by Gasteiger charge is 2.26. The second-order valence-corrected chi connectivity index (χ2v) is 4.93. The van der Waals surface area contributed by atoms with Crippen LogP contribution in [-0.2, 0) is 6.42 Å². The van der Waals surface area contributed by atoms with Gasteiger partial charge in [0.1, 0.15) is 5.75 Å². The van der Waals surface area contributed by atoms with Gasteiger partial charge < -0.3 is 10.5 Å². The molecule has 0 amide bonds. The first kappa shape index (κ1) is 14.2. The smallest absolute Gasteiger partial charge is 0.389 e. The molecule has 0 heterocycles. The molecular weight excluding hydrogens is 255 g/mol. The summed E-state index contributed by atoms with van der Waals surface area (Å²) in [5.74, 6) is 0.610. The Morgan fingerprint density at radius 2 is 2.11 bits per heavy atom. The van der Waals surface area contributed by atoms with Crippen LogP contribution < -0.4 is 10.5 Å². The van der Waals surface area contributed by atoms with Gasteiger partial charge in [0.15, 0.2) is 0 Å². The summed E-state index contributed by atoms with van der Waals surface area (Å²) in [5, 5.41) is 0. The van der Waals surface area contributed by atoms with Crippen LogP contribution in [0, 0.1) is 0 Å². The van der Waals surface area contributed by atoms with Crippen molar-refractivity contribution in [2.45, 2.75) is 44.3 Å². The predicted molar refractivity (Wildman–Crippen MR) is 67.1 cm³/mol. The molecule has 0 bridgehead atoms. The van der Waals surface area contributed by atoms with Gasteiger partial charge in [0, 0.05) is 12.5 Å². The third kappa shape index (κ3) is 4.13. The second-order valence-electron chi connectivity index (χ2n) is 4.93. The summed E-state index contributed by atoms with van der Waals surface area (Å²) in [6, 6.07) is 5.66. The van der Waals surface area contributed by atoms with Crippen LogP contribution in [0.1, 0.15) is 42.9 Å². The zero-order chi connectivity index (χ0) is 13.9. The molecular formula is C14H18F3NO. The lowest BCUT2D eigenvalue weighted by molar-refractivity contribution is -0.136. The van der Waals surface area contributed by atoms with Crippen molar-refractivity contribution in [3.63, 3.8) is 0 Å². The molecule has 0 saturated carbocycles. The summed E-state index contributed by atoms with van der Waals surface area (Å²) in [4.78, 5) is 0. The van der Waals surface area contributed by atoms with Crippen molar-refractivity contribution in [2.24, 2.45) is 5.73 Å². The van der Waals surface area contributed by atoms with E-state index in [0.717, 1.165) is 24.8 Å². The molecule has 1 aromatic carbocycles. The summed E-state index contributed by atoms with van der Waals surface area (Å²) in [5.41, 5.74) is 8.32. The van der Waals surface area contributed by atoms with Crippen LogP contribution in [-0.4, -0.2) is 12.8 Å². The quantitative estimate of drug-likeness (QED) is 0.848. The van der Waals surface area contributed by atoms with E-state index in [4.69, 9.17) is 10.5 Å². The normalized spacial score (nSPS) is 19.1. The number of hydrogen-bond acceptors (Lipinski definition) is 2. The fraction of sp³-hybridized carbons (Fsp3) is 0.571. The number of aryl methyl sites for hydroxylation is 1. The first-order valence-electron chi connectivity index (χ1n) is 6.54. The second kappa shape index (κ2) is 5.82. The van der Waals surface area contributed by atoms with E-state index in [1.807, 2.05) is 18.2 Å². The van der Waals surface area contributed by atoms with Gasteiger partial charge in [0.05, 0.1) is 6.61 Å². The lowest BCUT2D eigenvalue weighted by atomic mass is 9.88. The Hall–Kier alpha value is -1.23. The van der Waals surface area contributed by atoms with Crippen molar-refractivity contribution in [1.82, 2.24) is 0 Å².